The van der Waals surface area contributed by atoms with Crippen molar-refractivity contribution in [1.29, 1.82) is 0 Å². The smallest absolute Gasteiger partial charge is 0.339 e. The van der Waals surface area contributed by atoms with Gasteiger partial charge in [0.15, 0.2) is 0 Å². The van der Waals surface area contributed by atoms with Crippen LogP contribution in [-0.4, -0.2) is 25.4 Å². The molecule has 6 nitrogen and oxygen atoms in total. The molecule has 0 saturated heterocycles. The summed E-state index contributed by atoms with van der Waals surface area (Å²) < 4.78 is 43.2. The maximum Gasteiger partial charge on any atom is 0.339 e. The van der Waals surface area contributed by atoms with E-state index in [4.69, 9.17) is 4.18 Å². The van der Waals surface area contributed by atoms with Gasteiger partial charge in [-0.05, 0) is 66.8 Å². The van der Waals surface area contributed by atoms with Gasteiger partial charge < -0.3 is 14.4 Å². The summed E-state index contributed by atoms with van der Waals surface area (Å²) in [5.74, 6) is -0.410. The fourth-order valence-corrected chi connectivity index (χ4v) is 4.72. The summed E-state index contributed by atoms with van der Waals surface area (Å²) in [6.07, 6.45) is 0.764. The number of urea groups is 1. The van der Waals surface area contributed by atoms with Crippen molar-refractivity contribution in [3.8, 4) is 5.75 Å². The SMILES string of the molecule is CCC(C)N(Cc1ccc(OS(=O)(=O)c2ccc(F)cc2)cc1)C(=O)Nc1cccc2ccccc12. The summed E-state index contributed by atoms with van der Waals surface area (Å²) >= 11 is 0. The summed E-state index contributed by atoms with van der Waals surface area (Å²) in [6.45, 7) is 4.33. The molecule has 8 heteroatoms. The Hall–Kier alpha value is -3.91. The lowest BCUT2D eigenvalue weighted by Crippen LogP contribution is -2.40. The van der Waals surface area contributed by atoms with Crippen molar-refractivity contribution >= 4 is 32.6 Å². The summed E-state index contributed by atoms with van der Waals surface area (Å²) in [5, 5.41) is 5.04. The van der Waals surface area contributed by atoms with E-state index in [2.05, 4.69) is 5.32 Å². The van der Waals surface area contributed by atoms with Gasteiger partial charge in [0.2, 0.25) is 0 Å². The number of hydrogen-bond acceptors (Lipinski definition) is 4. The average Bonchev–Trinajstić information content (AvgIpc) is 2.88. The Labute approximate surface area is 210 Å². The van der Waals surface area contributed by atoms with Gasteiger partial charge in [0.1, 0.15) is 16.5 Å². The van der Waals surface area contributed by atoms with E-state index in [9.17, 15) is 17.6 Å². The first-order chi connectivity index (χ1) is 17.3. The van der Waals surface area contributed by atoms with E-state index >= 15 is 0 Å². The fraction of sp³-hybridized carbons (Fsp3) is 0.179. The Kier molecular flexibility index (Phi) is 7.55. The maximum atomic E-state index is 13.3. The predicted octanol–water partition coefficient (Wildman–Crippen LogP) is 6.58. The Bertz CT molecular complexity index is 1450. The number of nitrogens with zero attached hydrogens (tertiary/aromatic N) is 1. The third kappa shape index (κ3) is 5.83. The average molecular weight is 507 g/mol. The molecule has 0 fully saturated rings. The van der Waals surface area contributed by atoms with E-state index in [1.807, 2.05) is 56.3 Å². The van der Waals surface area contributed by atoms with Crippen LogP contribution in [0.25, 0.3) is 10.8 Å². The molecule has 186 valence electrons. The van der Waals surface area contributed by atoms with Crippen LogP contribution >= 0.6 is 0 Å². The van der Waals surface area contributed by atoms with Crippen molar-refractivity contribution < 1.29 is 21.8 Å². The molecule has 0 radical (unpaired) electrons. The Morgan fingerprint density at radius 3 is 2.31 bits per heavy atom. The maximum absolute atomic E-state index is 13.3. The number of anilines is 1. The van der Waals surface area contributed by atoms with E-state index < -0.39 is 15.9 Å². The van der Waals surface area contributed by atoms with Gasteiger partial charge in [0.05, 0.1) is 5.69 Å². The first-order valence-electron chi connectivity index (χ1n) is 11.6. The first kappa shape index (κ1) is 25.2. The van der Waals surface area contributed by atoms with Gasteiger partial charge in [0, 0.05) is 18.0 Å². The van der Waals surface area contributed by atoms with Crippen molar-refractivity contribution in [3.63, 3.8) is 0 Å². The molecule has 0 aliphatic carbocycles. The second-order valence-corrected chi connectivity index (χ2v) is 10.0. The number of amides is 2. The molecule has 1 unspecified atom stereocenters. The van der Waals surface area contributed by atoms with Crippen LogP contribution in [0.4, 0.5) is 14.9 Å². The Morgan fingerprint density at radius 1 is 0.944 bits per heavy atom. The van der Waals surface area contributed by atoms with E-state index in [1.54, 1.807) is 17.0 Å². The Balaban J connectivity index is 1.48. The number of fused-ring (bicyclic) bond motifs is 1. The number of carbonyl (C=O) groups excluding carboxylic acids is 1. The molecule has 0 aliphatic heterocycles. The van der Waals surface area contributed by atoms with Gasteiger partial charge in [-0.3, -0.25) is 0 Å². The number of hydrogen-bond donors (Lipinski definition) is 1. The van der Waals surface area contributed by atoms with Gasteiger partial charge >= 0.3 is 16.1 Å². The summed E-state index contributed by atoms with van der Waals surface area (Å²) in [7, 11) is -4.09. The molecule has 0 saturated carbocycles. The van der Waals surface area contributed by atoms with Crippen molar-refractivity contribution in [3.05, 3.63) is 102 Å². The zero-order valence-corrected chi connectivity index (χ0v) is 20.8. The number of halogens is 1. The van der Waals surface area contributed by atoms with Gasteiger partial charge in [-0.2, -0.15) is 8.42 Å². The fourth-order valence-electron chi connectivity index (χ4n) is 3.79. The minimum atomic E-state index is -4.09. The zero-order chi connectivity index (χ0) is 25.7. The molecule has 0 aromatic heterocycles. The monoisotopic (exact) mass is 506 g/mol. The van der Waals surface area contributed by atoms with Crippen LogP contribution < -0.4 is 9.50 Å². The van der Waals surface area contributed by atoms with E-state index in [0.29, 0.717) is 6.54 Å². The third-order valence-electron chi connectivity index (χ3n) is 6.00. The molecule has 0 spiro atoms. The van der Waals surface area contributed by atoms with Gasteiger partial charge in [-0.25, -0.2) is 9.18 Å². The van der Waals surface area contributed by atoms with E-state index in [-0.39, 0.29) is 22.7 Å². The lowest BCUT2D eigenvalue weighted by molar-refractivity contribution is 0.187. The predicted molar refractivity (Wildman–Crippen MR) is 139 cm³/mol. The highest BCUT2D eigenvalue weighted by molar-refractivity contribution is 7.87. The van der Waals surface area contributed by atoms with E-state index in [0.717, 1.165) is 52.7 Å². The molecule has 4 rings (SSSR count). The van der Waals surface area contributed by atoms with Gasteiger partial charge in [0.25, 0.3) is 0 Å². The highest BCUT2D eigenvalue weighted by Crippen LogP contribution is 2.25. The van der Waals surface area contributed by atoms with Gasteiger partial charge in [-0.15, -0.1) is 0 Å². The second-order valence-electron chi connectivity index (χ2n) is 8.48. The lowest BCUT2D eigenvalue weighted by Gasteiger charge is -2.29. The van der Waals surface area contributed by atoms with Crippen molar-refractivity contribution in [2.45, 2.75) is 37.8 Å². The topological polar surface area (TPSA) is 75.7 Å². The molecule has 4 aromatic carbocycles. The molecular formula is C28H27FN2O4S. The molecule has 4 aromatic rings. The molecule has 0 aliphatic rings. The van der Waals surface area contributed by atoms with Crippen LogP contribution in [0.15, 0.2) is 95.9 Å². The molecule has 0 heterocycles. The second kappa shape index (κ2) is 10.8. The first-order valence-corrected chi connectivity index (χ1v) is 13.0. The van der Waals surface area contributed by atoms with Crippen LogP contribution in [0.3, 0.4) is 0 Å². The molecule has 2 amide bonds. The number of carbonyl (C=O) groups is 1. The number of benzene rings is 4. The molecule has 0 bridgehead atoms. The highest BCUT2D eigenvalue weighted by atomic mass is 32.2. The largest absolute Gasteiger partial charge is 0.379 e. The van der Waals surface area contributed by atoms with Crippen molar-refractivity contribution in [2.75, 3.05) is 5.32 Å². The summed E-state index contributed by atoms with van der Waals surface area (Å²) in [5.41, 5.74) is 1.55. The zero-order valence-electron chi connectivity index (χ0n) is 20.0. The summed E-state index contributed by atoms with van der Waals surface area (Å²) in [6, 6.07) is 24.3. The van der Waals surface area contributed by atoms with Crippen LogP contribution in [0.2, 0.25) is 0 Å². The van der Waals surface area contributed by atoms with E-state index in [1.165, 1.54) is 12.1 Å². The third-order valence-corrected chi connectivity index (χ3v) is 7.26. The summed E-state index contributed by atoms with van der Waals surface area (Å²) in [4.78, 5) is 14.9. The standard InChI is InChI=1S/C28H27FN2O4S/c1-3-20(2)31(28(32)30-27-10-6-8-22-7-4-5-9-26(22)27)19-21-11-15-24(16-12-21)35-36(33,34)25-17-13-23(29)14-18-25/h4-18,20H,3,19H2,1-2H3,(H,30,32). The van der Waals surface area contributed by atoms with Crippen LogP contribution in [0.1, 0.15) is 25.8 Å². The van der Waals surface area contributed by atoms with Crippen molar-refractivity contribution in [1.82, 2.24) is 4.90 Å². The van der Waals surface area contributed by atoms with Crippen LogP contribution in [0.5, 0.6) is 5.75 Å². The lowest BCUT2D eigenvalue weighted by atomic mass is 10.1. The van der Waals surface area contributed by atoms with Crippen LogP contribution in [-0.2, 0) is 16.7 Å². The molecule has 1 N–H and O–H groups in total. The van der Waals surface area contributed by atoms with Crippen LogP contribution in [0, 0.1) is 5.82 Å². The molecular weight excluding hydrogens is 479 g/mol. The molecule has 36 heavy (non-hydrogen) atoms. The highest BCUT2D eigenvalue weighted by Gasteiger charge is 2.21. The number of rotatable bonds is 8. The number of nitrogens with one attached hydrogen (secondary N) is 1. The minimum absolute atomic E-state index is 0.0326. The minimum Gasteiger partial charge on any atom is -0.379 e. The Morgan fingerprint density at radius 2 is 1.61 bits per heavy atom. The normalized spacial score (nSPS) is 12.2. The quantitative estimate of drug-likeness (QED) is 0.274. The van der Waals surface area contributed by atoms with Crippen molar-refractivity contribution in [2.24, 2.45) is 0 Å². The van der Waals surface area contributed by atoms with Gasteiger partial charge in [-0.1, -0.05) is 55.5 Å². The molecule has 1 atom stereocenters.